The zero-order valence-corrected chi connectivity index (χ0v) is 31.9. The fourth-order valence-electron chi connectivity index (χ4n) is 8.30. The summed E-state index contributed by atoms with van der Waals surface area (Å²) in [5.41, 5.74) is 11.0. The first-order valence-electron chi connectivity index (χ1n) is 18.1. The summed E-state index contributed by atoms with van der Waals surface area (Å²) < 4.78 is 0. The van der Waals surface area contributed by atoms with Gasteiger partial charge in [0, 0.05) is 29.1 Å². The van der Waals surface area contributed by atoms with E-state index in [0.29, 0.717) is 0 Å². The summed E-state index contributed by atoms with van der Waals surface area (Å²) in [4.78, 5) is 21.7. The summed E-state index contributed by atoms with van der Waals surface area (Å²) in [5, 5.41) is 11.7. The molecule has 4 aromatic heterocycles. The molecule has 0 atom stereocenters. The number of hydrogen-bond acceptors (Lipinski definition) is 6. The van der Waals surface area contributed by atoms with Gasteiger partial charge >= 0.3 is 0 Å². The fourth-order valence-corrected chi connectivity index (χ4v) is 10.1. The Labute approximate surface area is 321 Å². The maximum atomic E-state index is 5.12. The Hall–Kier alpha value is -6.08. The van der Waals surface area contributed by atoms with Gasteiger partial charge in [0.05, 0.1) is 42.5 Å². The van der Waals surface area contributed by atoms with Gasteiger partial charge in [-0.05, 0) is 106 Å². The molecule has 10 aromatic rings. The normalized spacial score (nSPS) is 11.7. The van der Waals surface area contributed by atoms with E-state index in [1.807, 2.05) is 12.4 Å². The maximum absolute atomic E-state index is 5.12. The molecule has 0 saturated carbocycles. The minimum absolute atomic E-state index is 0.960. The average molecular weight is 731 g/mol. The number of aromatic nitrogens is 4. The van der Waals surface area contributed by atoms with Gasteiger partial charge in [-0.2, -0.15) is 0 Å². The molecular formula is C48H34N4S2. The van der Waals surface area contributed by atoms with Crippen molar-refractivity contribution in [2.45, 2.75) is 27.7 Å². The monoisotopic (exact) mass is 730 g/mol. The molecule has 0 radical (unpaired) electrons. The summed E-state index contributed by atoms with van der Waals surface area (Å²) in [6, 6.07) is 44.2. The molecule has 0 amide bonds. The molecule has 6 aromatic carbocycles. The van der Waals surface area contributed by atoms with Crippen LogP contribution in [0.5, 0.6) is 0 Å². The first-order chi connectivity index (χ1) is 26.4. The zero-order chi connectivity index (χ0) is 36.5. The van der Waals surface area contributed by atoms with E-state index in [9.17, 15) is 0 Å². The Morgan fingerprint density at radius 2 is 0.722 bits per heavy atom. The molecule has 0 aliphatic carbocycles. The molecule has 0 spiro atoms. The third-order valence-electron chi connectivity index (χ3n) is 10.5. The standard InChI is InChI=1S/C48H34N4S2/c1-27-47(53-29(3)51-27)32-22-23-41(49-26-32)44-35-15-7-11-19-39(35)46(40-20-12-8-16-36(40)44)45-37-17-9-5-13-33(37)43(34-14-6-10-18-38(34)45)31-21-24-42(50-25-31)48-28(2)52-30(4)54-48/h5-26H,1-4H3. The van der Waals surface area contributed by atoms with E-state index < -0.39 is 0 Å². The minimum atomic E-state index is 0.960. The van der Waals surface area contributed by atoms with Crippen LogP contribution < -0.4 is 0 Å². The number of thiazole rings is 2. The van der Waals surface area contributed by atoms with E-state index >= 15 is 0 Å². The molecule has 0 aliphatic rings. The summed E-state index contributed by atoms with van der Waals surface area (Å²) in [6.07, 6.45) is 4.04. The van der Waals surface area contributed by atoms with Crippen LogP contribution in [0.3, 0.4) is 0 Å². The Bertz CT molecular complexity index is 2760. The van der Waals surface area contributed by atoms with Crippen molar-refractivity contribution in [3.8, 4) is 54.5 Å². The summed E-state index contributed by atoms with van der Waals surface area (Å²) in [5.74, 6) is 0. The largest absolute Gasteiger partial charge is 0.256 e. The third kappa shape index (κ3) is 5.17. The van der Waals surface area contributed by atoms with Gasteiger partial charge in [0.2, 0.25) is 0 Å². The zero-order valence-electron chi connectivity index (χ0n) is 30.3. The maximum Gasteiger partial charge on any atom is 0.0904 e. The Balaban J connectivity index is 1.23. The Kier molecular flexibility index (Phi) is 7.72. The van der Waals surface area contributed by atoms with Crippen LogP contribution in [-0.2, 0) is 0 Å². The van der Waals surface area contributed by atoms with Crippen LogP contribution in [0.1, 0.15) is 21.4 Å². The van der Waals surface area contributed by atoms with Crippen molar-refractivity contribution >= 4 is 65.8 Å². The number of hydrogen-bond donors (Lipinski definition) is 0. The first kappa shape index (κ1) is 32.6. The van der Waals surface area contributed by atoms with Crippen molar-refractivity contribution in [1.29, 1.82) is 0 Å². The molecule has 0 fully saturated rings. The predicted molar refractivity (Wildman–Crippen MR) is 230 cm³/mol. The van der Waals surface area contributed by atoms with Crippen LogP contribution in [0.4, 0.5) is 0 Å². The lowest BCUT2D eigenvalue weighted by molar-refractivity contribution is 1.19. The topological polar surface area (TPSA) is 51.6 Å². The minimum Gasteiger partial charge on any atom is -0.256 e. The second-order valence-electron chi connectivity index (χ2n) is 13.8. The average Bonchev–Trinajstić information content (AvgIpc) is 3.74. The van der Waals surface area contributed by atoms with E-state index in [2.05, 4.69) is 159 Å². The lowest BCUT2D eigenvalue weighted by Gasteiger charge is -2.22. The van der Waals surface area contributed by atoms with Crippen LogP contribution in [-0.4, -0.2) is 19.9 Å². The molecule has 4 nitrogen and oxygen atoms in total. The van der Waals surface area contributed by atoms with Crippen LogP contribution in [0.2, 0.25) is 0 Å². The highest BCUT2D eigenvalue weighted by atomic mass is 32.1. The van der Waals surface area contributed by atoms with Gasteiger partial charge in [-0.25, -0.2) is 9.97 Å². The van der Waals surface area contributed by atoms with Crippen molar-refractivity contribution < 1.29 is 0 Å². The second kappa shape index (κ2) is 12.8. The molecule has 0 N–H and O–H groups in total. The molecule has 0 saturated heterocycles. The van der Waals surface area contributed by atoms with Gasteiger partial charge < -0.3 is 0 Å². The van der Waals surface area contributed by atoms with Gasteiger partial charge in [0.1, 0.15) is 0 Å². The van der Waals surface area contributed by atoms with Crippen LogP contribution in [0.15, 0.2) is 134 Å². The predicted octanol–water partition coefficient (Wildman–Crippen LogP) is 13.6. The first-order valence-corrected chi connectivity index (χ1v) is 19.8. The van der Waals surface area contributed by atoms with Gasteiger partial charge in [0.25, 0.3) is 0 Å². The number of rotatable bonds is 5. The molecular weight excluding hydrogens is 697 g/mol. The van der Waals surface area contributed by atoms with Crippen molar-refractivity contribution in [3.63, 3.8) is 0 Å². The van der Waals surface area contributed by atoms with Crippen molar-refractivity contribution in [2.75, 3.05) is 0 Å². The Morgan fingerprint density at radius 3 is 1.11 bits per heavy atom. The van der Waals surface area contributed by atoms with Gasteiger partial charge in [-0.15, -0.1) is 22.7 Å². The van der Waals surface area contributed by atoms with Gasteiger partial charge in [-0.1, -0.05) is 103 Å². The smallest absolute Gasteiger partial charge is 0.0904 e. The highest BCUT2D eigenvalue weighted by Crippen LogP contribution is 2.50. The number of pyridine rings is 2. The number of fused-ring (bicyclic) bond motifs is 4. The van der Waals surface area contributed by atoms with E-state index in [1.54, 1.807) is 22.7 Å². The quantitative estimate of drug-likeness (QED) is 0.165. The highest BCUT2D eigenvalue weighted by molar-refractivity contribution is 7.15. The van der Waals surface area contributed by atoms with Gasteiger partial charge in [-0.3, -0.25) is 9.97 Å². The van der Waals surface area contributed by atoms with E-state index in [0.717, 1.165) is 54.4 Å². The van der Waals surface area contributed by atoms with Crippen molar-refractivity contribution in [3.05, 3.63) is 155 Å². The van der Waals surface area contributed by atoms with E-state index in [-0.39, 0.29) is 0 Å². The third-order valence-corrected chi connectivity index (χ3v) is 12.7. The number of benzene rings is 6. The van der Waals surface area contributed by atoms with Crippen LogP contribution >= 0.6 is 22.7 Å². The SMILES string of the molecule is Cc1nc(C)c(-c2ccc(-c3c4ccccc4c(-c4c5ccccc5c(-c5ccc(-c6sc(C)nc6C)nc5)c5ccccc45)c4ccccc34)nc2)s1. The van der Waals surface area contributed by atoms with Crippen LogP contribution in [0.25, 0.3) is 97.6 Å². The van der Waals surface area contributed by atoms with E-state index in [1.165, 1.54) is 64.7 Å². The number of aryl methyl sites for hydroxylation is 4. The lowest BCUT2D eigenvalue weighted by atomic mass is 9.81. The summed E-state index contributed by atoms with van der Waals surface area (Å²) >= 11 is 3.42. The highest BCUT2D eigenvalue weighted by Gasteiger charge is 2.23. The molecule has 6 heteroatoms. The van der Waals surface area contributed by atoms with Crippen molar-refractivity contribution in [1.82, 2.24) is 19.9 Å². The second-order valence-corrected chi connectivity index (χ2v) is 16.2. The van der Waals surface area contributed by atoms with Crippen molar-refractivity contribution in [2.24, 2.45) is 0 Å². The lowest BCUT2D eigenvalue weighted by Crippen LogP contribution is -1.95. The summed E-state index contributed by atoms with van der Waals surface area (Å²) in [7, 11) is 0. The number of nitrogens with zero attached hydrogens (tertiary/aromatic N) is 4. The summed E-state index contributed by atoms with van der Waals surface area (Å²) in [6.45, 7) is 8.24. The van der Waals surface area contributed by atoms with E-state index in [4.69, 9.17) is 9.97 Å². The molecule has 0 unspecified atom stereocenters. The Morgan fingerprint density at radius 1 is 0.352 bits per heavy atom. The molecule has 0 bridgehead atoms. The van der Waals surface area contributed by atoms with Crippen LogP contribution in [0, 0.1) is 27.7 Å². The molecule has 4 heterocycles. The molecule has 10 rings (SSSR count). The molecule has 258 valence electrons. The molecule has 0 aliphatic heterocycles. The fraction of sp³-hybridized carbons (Fsp3) is 0.0833. The molecule has 54 heavy (non-hydrogen) atoms. The van der Waals surface area contributed by atoms with Gasteiger partial charge in [0.15, 0.2) is 0 Å².